The molecule has 0 saturated heterocycles. The Hall–Kier alpha value is -3.68. The van der Waals surface area contributed by atoms with Gasteiger partial charge >= 0.3 is 0 Å². The van der Waals surface area contributed by atoms with Crippen molar-refractivity contribution in [2.45, 2.75) is 13.0 Å². The van der Waals surface area contributed by atoms with Gasteiger partial charge in [0.1, 0.15) is 24.2 Å². The lowest BCUT2D eigenvalue weighted by Gasteiger charge is -2.15. The third-order valence-electron chi connectivity index (χ3n) is 4.51. The van der Waals surface area contributed by atoms with Crippen LogP contribution in [0, 0.1) is 0 Å². The van der Waals surface area contributed by atoms with Crippen LogP contribution < -0.4 is 10.1 Å². The quantitative estimate of drug-likeness (QED) is 0.558. The molecule has 1 amide bonds. The lowest BCUT2D eigenvalue weighted by atomic mass is 10.3. The number of ether oxygens (including phenoxy) is 1. The van der Waals surface area contributed by atoms with Crippen molar-refractivity contribution in [1.29, 1.82) is 0 Å². The summed E-state index contributed by atoms with van der Waals surface area (Å²) in [5.74, 6) is 1.14. The molecule has 142 valence electrons. The number of fused-ring (bicyclic) bond motifs is 1. The summed E-state index contributed by atoms with van der Waals surface area (Å²) in [6, 6.07) is 15.0. The Balaban J connectivity index is 1.43. The molecule has 0 saturated carbocycles. The molecule has 8 nitrogen and oxygen atoms in total. The Morgan fingerprint density at radius 2 is 1.82 bits per heavy atom. The number of carbonyl (C=O) groups excluding carboxylic acids is 1. The minimum Gasteiger partial charge on any atom is -0.482 e. The molecule has 0 bridgehead atoms. The molecule has 0 aliphatic heterocycles. The molecular weight excluding hydrogens is 356 g/mol. The summed E-state index contributed by atoms with van der Waals surface area (Å²) in [6.45, 7) is 1.80. The molecule has 28 heavy (non-hydrogen) atoms. The monoisotopic (exact) mass is 376 g/mol. The fraction of sp³-hybridized carbons (Fsp3) is 0.200. The van der Waals surface area contributed by atoms with Crippen molar-refractivity contribution in [3.8, 4) is 11.4 Å². The molecule has 1 N–H and O–H groups in total. The van der Waals surface area contributed by atoms with Crippen LogP contribution in [0.1, 0.15) is 18.8 Å². The van der Waals surface area contributed by atoms with E-state index < -0.39 is 0 Å². The summed E-state index contributed by atoms with van der Waals surface area (Å²) in [6.07, 6.45) is 3.16. The summed E-state index contributed by atoms with van der Waals surface area (Å²) in [4.78, 5) is 17.0. The Morgan fingerprint density at radius 1 is 1.11 bits per heavy atom. The third kappa shape index (κ3) is 3.44. The van der Waals surface area contributed by atoms with Crippen LogP contribution in [0.25, 0.3) is 16.7 Å². The van der Waals surface area contributed by atoms with Crippen molar-refractivity contribution in [3.63, 3.8) is 0 Å². The SMILES string of the molecule is CC(NC(=O)COc1ccccc1-n1cnnc1)c1nc2ccccc2n1C. The minimum atomic E-state index is -0.249. The van der Waals surface area contributed by atoms with Crippen molar-refractivity contribution < 1.29 is 9.53 Å². The summed E-state index contributed by atoms with van der Waals surface area (Å²) >= 11 is 0. The second-order valence-corrected chi connectivity index (χ2v) is 6.43. The van der Waals surface area contributed by atoms with Crippen LogP contribution in [-0.4, -0.2) is 36.8 Å². The predicted molar refractivity (Wildman–Crippen MR) is 104 cm³/mol. The highest BCUT2D eigenvalue weighted by Crippen LogP contribution is 2.22. The maximum absolute atomic E-state index is 12.4. The van der Waals surface area contributed by atoms with Crippen molar-refractivity contribution >= 4 is 16.9 Å². The van der Waals surface area contributed by atoms with Gasteiger partial charge in [0.25, 0.3) is 5.91 Å². The number of para-hydroxylation sites is 4. The maximum Gasteiger partial charge on any atom is 0.258 e. The number of imidazole rings is 1. The molecule has 8 heteroatoms. The van der Waals surface area contributed by atoms with E-state index in [4.69, 9.17) is 4.74 Å². The summed E-state index contributed by atoms with van der Waals surface area (Å²) in [7, 11) is 1.94. The first-order valence-electron chi connectivity index (χ1n) is 8.91. The van der Waals surface area contributed by atoms with Crippen LogP contribution in [-0.2, 0) is 11.8 Å². The lowest BCUT2D eigenvalue weighted by molar-refractivity contribution is -0.123. The van der Waals surface area contributed by atoms with Crippen LogP contribution in [0.2, 0.25) is 0 Å². The Bertz CT molecular complexity index is 1100. The highest BCUT2D eigenvalue weighted by molar-refractivity contribution is 5.79. The smallest absolute Gasteiger partial charge is 0.258 e. The van der Waals surface area contributed by atoms with Crippen molar-refractivity contribution in [2.75, 3.05) is 6.61 Å². The summed E-state index contributed by atoms with van der Waals surface area (Å²) in [5.41, 5.74) is 2.70. The van der Waals surface area contributed by atoms with E-state index in [0.29, 0.717) is 5.75 Å². The van der Waals surface area contributed by atoms with Gasteiger partial charge in [-0.15, -0.1) is 10.2 Å². The van der Waals surface area contributed by atoms with Gasteiger partial charge in [0.05, 0.1) is 22.8 Å². The molecule has 1 unspecified atom stereocenters. The van der Waals surface area contributed by atoms with Crippen molar-refractivity contribution in [2.24, 2.45) is 7.05 Å². The molecule has 0 aliphatic carbocycles. The number of rotatable bonds is 6. The topological polar surface area (TPSA) is 86.9 Å². The number of aromatic nitrogens is 5. The Kier molecular flexibility index (Phi) is 4.76. The number of hydrogen-bond acceptors (Lipinski definition) is 5. The number of hydrogen-bond donors (Lipinski definition) is 1. The largest absolute Gasteiger partial charge is 0.482 e. The van der Waals surface area contributed by atoms with Gasteiger partial charge in [0.15, 0.2) is 6.61 Å². The van der Waals surface area contributed by atoms with Gasteiger partial charge in [0.2, 0.25) is 0 Å². The molecule has 0 spiro atoms. The van der Waals surface area contributed by atoms with Gasteiger partial charge in [-0.3, -0.25) is 9.36 Å². The van der Waals surface area contributed by atoms with Crippen molar-refractivity contribution in [1.82, 2.24) is 29.6 Å². The Morgan fingerprint density at radius 3 is 2.61 bits per heavy atom. The zero-order chi connectivity index (χ0) is 19.5. The Labute approximate surface area is 161 Å². The molecule has 0 radical (unpaired) electrons. The molecular formula is C20H20N6O2. The normalized spacial score (nSPS) is 12.1. The molecule has 0 fully saturated rings. The predicted octanol–water partition coefficient (Wildman–Crippen LogP) is 2.41. The van der Waals surface area contributed by atoms with Gasteiger partial charge in [0, 0.05) is 7.05 Å². The summed E-state index contributed by atoms with van der Waals surface area (Å²) < 4.78 is 9.45. The first-order chi connectivity index (χ1) is 13.6. The highest BCUT2D eigenvalue weighted by atomic mass is 16.5. The van der Waals surface area contributed by atoms with Gasteiger partial charge in [-0.1, -0.05) is 24.3 Å². The number of nitrogens with zero attached hydrogens (tertiary/aromatic N) is 5. The number of amides is 1. The van der Waals surface area contributed by atoms with Crippen LogP contribution >= 0.6 is 0 Å². The van der Waals surface area contributed by atoms with Crippen LogP contribution in [0.4, 0.5) is 0 Å². The van der Waals surface area contributed by atoms with E-state index in [1.807, 2.05) is 61.0 Å². The second kappa shape index (κ2) is 7.51. The summed E-state index contributed by atoms with van der Waals surface area (Å²) in [5, 5.41) is 10.5. The van der Waals surface area contributed by atoms with E-state index in [0.717, 1.165) is 22.5 Å². The van der Waals surface area contributed by atoms with E-state index in [2.05, 4.69) is 20.5 Å². The molecule has 2 heterocycles. The first-order valence-corrected chi connectivity index (χ1v) is 8.91. The van der Waals surface area contributed by atoms with Crippen LogP contribution in [0.5, 0.6) is 5.75 Å². The van der Waals surface area contributed by atoms with Gasteiger partial charge < -0.3 is 14.6 Å². The van der Waals surface area contributed by atoms with E-state index in [1.165, 1.54) is 0 Å². The number of carbonyl (C=O) groups is 1. The zero-order valence-corrected chi connectivity index (χ0v) is 15.6. The highest BCUT2D eigenvalue weighted by Gasteiger charge is 2.17. The second-order valence-electron chi connectivity index (χ2n) is 6.43. The molecule has 4 aromatic rings. The fourth-order valence-electron chi connectivity index (χ4n) is 3.16. The lowest BCUT2D eigenvalue weighted by Crippen LogP contribution is -2.32. The number of aryl methyl sites for hydroxylation is 1. The maximum atomic E-state index is 12.4. The number of nitrogens with one attached hydrogen (secondary N) is 1. The first kappa shape index (κ1) is 17.7. The average Bonchev–Trinajstić information content (AvgIpc) is 3.35. The van der Waals surface area contributed by atoms with Gasteiger partial charge in [-0.05, 0) is 31.2 Å². The number of benzene rings is 2. The van der Waals surface area contributed by atoms with E-state index in [1.54, 1.807) is 23.3 Å². The van der Waals surface area contributed by atoms with E-state index in [9.17, 15) is 4.79 Å². The molecule has 0 aliphatic rings. The fourth-order valence-corrected chi connectivity index (χ4v) is 3.16. The van der Waals surface area contributed by atoms with Gasteiger partial charge in [-0.25, -0.2) is 4.98 Å². The van der Waals surface area contributed by atoms with Crippen LogP contribution in [0.3, 0.4) is 0 Å². The standard InChI is InChI=1S/C20H20N6O2/c1-14(20-24-15-7-3-4-8-16(15)25(20)2)23-19(27)11-28-18-10-6-5-9-17(18)26-12-21-22-13-26/h3-10,12-14H,11H2,1-2H3,(H,23,27). The molecule has 2 aromatic carbocycles. The van der Waals surface area contributed by atoms with Gasteiger partial charge in [-0.2, -0.15) is 0 Å². The van der Waals surface area contributed by atoms with E-state index >= 15 is 0 Å². The zero-order valence-electron chi connectivity index (χ0n) is 15.6. The molecule has 1 atom stereocenters. The van der Waals surface area contributed by atoms with E-state index in [-0.39, 0.29) is 18.6 Å². The third-order valence-corrected chi connectivity index (χ3v) is 4.51. The minimum absolute atomic E-state index is 0.104. The average molecular weight is 376 g/mol. The molecule has 2 aromatic heterocycles. The molecule has 4 rings (SSSR count). The van der Waals surface area contributed by atoms with Crippen LogP contribution in [0.15, 0.2) is 61.2 Å². The van der Waals surface area contributed by atoms with Crippen molar-refractivity contribution in [3.05, 3.63) is 67.0 Å².